The van der Waals surface area contributed by atoms with E-state index in [2.05, 4.69) is 20.4 Å². The van der Waals surface area contributed by atoms with Gasteiger partial charge in [-0.2, -0.15) is 4.98 Å². The summed E-state index contributed by atoms with van der Waals surface area (Å²) in [6, 6.07) is 9.70. The number of nitrogens with zero attached hydrogens (tertiary/aromatic N) is 3. The van der Waals surface area contributed by atoms with Gasteiger partial charge in [0.1, 0.15) is 9.88 Å². The molecule has 0 spiro atoms. The minimum Gasteiger partial charge on any atom is -0.334 e. The minimum atomic E-state index is -0.193. The molecule has 0 atom stereocenters. The molecular weight excluding hydrogens is 404 g/mol. The second kappa shape index (κ2) is 7.88. The van der Waals surface area contributed by atoms with Crippen LogP contribution < -0.4 is 5.32 Å². The van der Waals surface area contributed by atoms with Crippen molar-refractivity contribution in [2.45, 2.75) is 33.6 Å². The molecule has 0 fully saturated rings. The van der Waals surface area contributed by atoms with Crippen molar-refractivity contribution in [3.8, 4) is 21.3 Å². The number of aromatic nitrogens is 3. The van der Waals surface area contributed by atoms with Gasteiger partial charge in [0.25, 0.3) is 11.8 Å². The summed E-state index contributed by atoms with van der Waals surface area (Å²) in [5.41, 5.74) is 3.01. The van der Waals surface area contributed by atoms with Gasteiger partial charge in [0, 0.05) is 5.92 Å². The summed E-state index contributed by atoms with van der Waals surface area (Å²) in [7, 11) is 0. The SMILES string of the molecule is Cc1cccc(-c2nc(C(C)C)no2)c1NC(=O)c1sc(-c2cccs2)nc1C. The van der Waals surface area contributed by atoms with E-state index in [9.17, 15) is 4.79 Å². The zero-order valence-electron chi connectivity index (χ0n) is 16.5. The number of nitrogens with one attached hydrogen (secondary N) is 1. The number of hydrogen-bond donors (Lipinski definition) is 1. The van der Waals surface area contributed by atoms with E-state index in [1.807, 2.05) is 63.4 Å². The first-order valence-electron chi connectivity index (χ1n) is 9.20. The molecule has 0 aliphatic rings. The van der Waals surface area contributed by atoms with Gasteiger partial charge in [-0.15, -0.1) is 22.7 Å². The maximum Gasteiger partial charge on any atom is 0.267 e. The van der Waals surface area contributed by atoms with Crippen molar-refractivity contribution >= 4 is 34.3 Å². The molecule has 3 heterocycles. The van der Waals surface area contributed by atoms with Crippen LogP contribution in [0.3, 0.4) is 0 Å². The normalized spacial score (nSPS) is 11.2. The summed E-state index contributed by atoms with van der Waals surface area (Å²) >= 11 is 3.01. The fraction of sp³-hybridized carbons (Fsp3) is 0.238. The third-order valence-electron chi connectivity index (χ3n) is 4.43. The Morgan fingerprint density at radius 3 is 2.66 bits per heavy atom. The van der Waals surface area contributed by atoms with Crippen LogP contribution in [0.4, 0.5) is 5.69 Å². The molecule has 4 rings (SSSR count). The molecule has 1 N–H and O–H groups in total. The first-order chi connectivity index (χ1) is 13.9. The Morgan fingerprint density at radius 1 is 1.14 bits per heavy atom. The van der Waals surface area contributed by atoms with Gasteiger partial charge >= 0.3 is 0 Å². The maximum atomic E-state index is 13.1. The van der Waals surface area contributed by atoms with Crippen molar-refractivity contribution in [3.05, 3.63) is 57.7 Å². The highest BCUT2D eigenvalue weighted by Crippen LogP contribution is 2.34. The van der Waals surface area contributed by atoms with E-state index in [-0.39, 0.29) is 11.8 Å². The summed E-state index contributed by atoms with van der Waals surface area (Å²) in [4.78, 5) is 23.8. The van der Waals surface area contributed by atoms with E-state index >= 15 is 0 Å². The minimum absolute atomic E-state index is 0.158. The second-order valence-electron chi connectivity index (χ2n) is 6.97. The van der Waals surface area contributed by atoms with Gasteiger partial charge in [-0.25, -0.2) is 4.98 Å². The molecule has 0 radical (unpaired) electrons. The third kappa shape index (κ3) is 3.86. The van der Waals surface area contributed by atoms with Gasteiger partial charge in [0.2, 0.25) is 0 Å². The zero-order chi connectivity index (χ0) is 20.5. The van der Waals surface area contributed by atoms with Gasteiger partial charge in [-0.05, 0) is 36.9 Å². The Hall–Kier alpha value is -2.84. The van der Waals surface area contributed by atoms with E-state index in [1.165, 1.54) is 11.3 Å². The topological polar surface area (TPSA) is 80.9 Å². The molecule has 0 unspecified atom stereocenters. The van der Waals surface area contributed by atoms with Crippen LogP contribution in [0.25, 0.3) is 21.3 Å². The Bertz CT molecular complexity index is 1160. The van der Waals surface area contributed by atoms with Crippen molar-refractivity contribution in [2.24, 2.45) is 0 Å². The number of carbonyl (C=O) groups excluding carboxylic acids is 1. The molecule has 1 amide bonds. The Morgan fingerprint density at radius 2 is 1.97 bits per heavy atom. The Kier molecular flexibility index (Phi) is 5.29. The van der Waals surface area contributed by atoms with Gasteiger partial charge in [-0.3, -0.25) is 4.79 Å². The first-order valence-corrected chi connectivity index (χ1v) is 10.9. The van der Waals surface area contributed by atoms with Crippen molar-refractivity contribution in [1.82, 2.24) is 15.1 Å². The highest BCUT2D eigenvalue weighted by atomic mass is 32.1. The predicted molar refractivity (Wildman–Crippen MR) is 117 cm³/mol. The molecule has 0 saturated carbocycles. The summed E-state index contributed by atoms with van der Waals surface area (Å²) in [5.74, 6) is 0.999. The van der Waals surface area contributed by atoms with Crippen LogP contribution in [0.1, 0.15) is 46.5 Å². The standard InChI is InChI=1S/C21H20N4O2S2/c1-11(2)18-24-20(27-25-18)14-8-5-7-12(3)16(14)23-19(26)17-13(4)22-21(29-17)15-9-6-10-28-15/h5-11H,1-4H3,(H,23,26). The number of carbonyl (C=O) groups is 1. The lowest BCUT2D eigenvalue weighted by Crippen LogP contribution is -2.13. The van der Waals surface area contributed by atoms with Crippen molar-refractivity contribution in [3.63, 3.8) is 0 Å². The zero-order valence-corrected chi connectivity index (χ0v) is 18.1. The molecule has 0 aliphatic heterocycles. The maximum absolute atomic E-state index is 13.1. The lowest BCUT2D eigenvalue weighted by atomic mass is 10.1. The average molecular weight is 425 g/mol. The van der Waals surface area contributed by atoms with E-state index in [0.29, 0.717) is 33.5 Å². The summed E-state index contributed by atoms with van der Waals surface area (Å²) in [5, 5.41) is 9.93. The number of thiazole rings is 1. The van der Waals surface area contributed by atoms with Crippen molar-refractivity contribution in [2.75, 3.05) is 5.32 Å². The number of thiophene rings is 1. The largest absolute Gasteiger partial charge is 0.334 e. The monoisotopic (exact) mass is 424 g/mol. The summed E-state index contributed by atoms with van der Waals surface area (Å²) in [6.45, 7) is 7.81. The fourth-order valence-corrected chi connectivity index (χ4v) is 4.63. The fourth-order valence-electron chi connectivity index (χ4n) is 2.87. The number of rotatable bonds is 5. The van der Waals surface area contributed by atoms with Crippen LogP contribution in [0.15, 0.2) is 40.2 Å². The second-order valence-corrected chi connectivity index (χ2v) is 8.92. The lowest BCUT2D eigenvalue weighted by Gasteiger charge is -2.11. The molecule has 8 heteroatoms. The van der Waals surface area contributed by atoms with Gasteiger partial charge in [-0.1, -0.05) is 37.2 Å². The van der Waals surface area contributed by atoms with Gasteiger partial charge < -0.3 is 9.84 Å². The van der Waals surface area contributed by atoms with Gasteiger partial charge in [0.15, 0.2) is 5.82 Å². The Balaban J connectivity index is 1.67. The number of para-hydroxylation sites is 1. The van der Waals surface area contributed by atoms with E-state index < -0.39 is 0 Å². The molecule has 4 aromatic rings. The molecule has 0 aliphatic carbocycles. The van der Waals surface area contributed by atoms with E-state index in [4.69, 9.17) is 4.52 Å². The summed E-state index contributed by atoms with van der Waals surface area (Å²) in [6.07, 6.45) is 0. The smallest absolute Gasteiger partial charge is 0.267 e. The third-order valence-corrected chi connectivity index (χ3v) is 6.63. The average Bonchev–Trinajstić information content (AvgIpc) is 3.43. The van der Waals surface area contributed by atoms with Gasteiger partial charge in [0.05, 0.1) is 21.8 Å². The van der Waals surface area contributed by atoms with E-state index in [1.54, 1.807) is 11.3 Å². The lowest BCUT2D eigenvalue weighted by molar-refractivity contribution is 0.102. The van der Waals surface area contributed by atoms with E-state index in [0.717, 1.165) is 15.4 Å². The molecule has 1 aromatic carbocycles. The summed E-state index contributed by atoms with van der Waals surface area (Å²) < 4.78 is 5.45. The Labute approximate surface area is 176 Å². The van der Waals surface area contributed by atoms with Crippen LogP contribution in [0.2, 0.25) is 0 Å². The van der Waals surface area contributed by atoms with Crippen LogP contribution in [-0.2, 0) is 0 Å². The van der Waals surface area contributed by atoms with Crippen LogP contribution >= 0.6 is 22.7 Å². The molecule has 0 bridgehead atoms. The van der Waals surface area contributed by atoms with Crippen molar-refractivity contribution in [1.29, 1.82) is 0 Å². The van der Waals surface area contributed by atoms with Crippen LogP contribution in [0.5, 0.6) is 0 Å². The molecule has 6 nitrogen and oxygen atoms in total. The number of hydrogen-bond acceptors (Lipinski definition) is 7. The number of anilines is 1. The molecule has 29 heavy (non-hydrogen) atoms. The van der Waals surface area contributed by atoms with Crippen molar-refractivity contribution < 1.29 is 9.32 Å². The number of benzene rings is 1. The number of aryl methyl sites for hydroxylation is 2. The molecule has 3 aromatic heterocycles. The highest BCUT2D eigenvalue weighted by Gasteiger charge is 2.21. The molecule has 148 valence electrons. The molecule has 0 saturated heterocycles. The quantitative estimate of drug-likeness (QED) is 0.430. The number of amides is 1. The first kappa shape index (κ1) is 19.5. The highest BCUT2D eigenvalue weighted by molar-refractivity contribution is 7.22. The predicted octanol–water partition coefficient (Wildman–Crippen LogP) is 5.91. The van der Waals surface area contributed by atoms with Crippen LogP contribution in [-0.4, -0.2) is 21.0 Å². The molecular formula is C21H20N4O2S2. The van der Waals surface area contributed by atoms with Crippen LogP contribution in [0, 0.1) is 13.8 Å².